The number of aliphatic hydroxyl groups excluding tert-OH is 1. The summed E-state index contributed by atoms with van der Waals surface area (Å²) in [5, 5.41) is 25.6. The molecule has 1 aliphatic heterocycles. The number of amides is 2. The van der Waals surface area contributed by atoms with E-state index >= 15 is 0 Å². The zero-order valence-corrected chi connectivity index (χ0v) is 29.2. The van der Waals surface area contributed by atoms with Crippen molar-refractivity contribution in [2.45, 2.75) is 55.4 Å². The van der Waals surface area contributed by atoms with Gasteiger partial charge in [-0.25, -0.2) is 14.6 Å². The number of carboxylic acids is 1. The second kappa shape index (κ2) is 17.3. The molecule has 10 nitrogen and oxygen atoms in total. The molecule has 1 unspecified atom stereocenters. The zero-order valence-electron chi connectivity index (χ0n) is 28.4. The van der Waals surface area contributed by atoms with Gasteiger partial charge in [0.1, 0.15) is 5.03 Å². The van der Waals surface area contributed by atoms with Gasteiger partial charge in [0.25, 0.3) is 0 Å². The molecule has 266 valence electrons. The number of hydrogen-bond donors (Lipinski definition) is 4. The number of aromatic carboxylic acids is 1. The minimum absolute atomic E-state index is 0.0955. The van der Waals surface area contributed by atoms with Crippen molar-refractivity contribution in [1.82, 2.24) is 10.3 Å². The molecule has 1 saturated heterocycles. The lowest BCUT2D eigenvalue weighted by atomic mass is 9.84. The maximum atomic E-state index is 13.1. The zero-order chi connectivity index (χ0) is 36.5. The molecule has 11 heteroatoms. The maximum Gasteiger partial charge on any atom is 0.338 e. The number of thioether (sulfide) groups is 1. The quantitative estimate of drug-likeness (QED) is 0.0920. The summed E-state index contributed by atoms with van der Waals surface area (Å²) < 4.78 is 13.5. The van der Waals surface area contributed by atoms with Crippen LogP contribution in [0, 0.1) is 0 Å². The van der Waals surface area contributed by atoms with Crippen molar-refractivity contribution in [1.29, 1.82) is 0 Å². The van der Waals surface area contributed by atoms with E-state index in [9.17, 15) is 24.6 Å². The van der Waals surface area contributed by atoms with Crippen LogP contribution in [0.5, 0.6) is 0 Å². The number of hydrogen-bond acceptors (Lipinski definition) is 8. The van der Waals surface area contributed by atoms with Gasteiger partial charge in [0.2, 0.25) is 0 Å². The molecule has 0 radical (unpaired) electrons. The molecule has 4 aromatic carbocycles. The van der Waals surface area contributed by atoms with Crippen molar-refractivity contribution in [3.8, 4) is 0 Å². The minimum atomic E-state index is -1.06. The number of carbonyl (C=O) groups is 3. The highest BCUT2D eigenvalue weighted by Crippen LogP contribution is 2.48. The first kappa shape index (κ1) is 36.5. The Morgan fingerprint density at radius 3 is 2.21 bits per heavy atom. The number of nitrogens with one attached hydrogen (secondary N) is 2. The molecule has 0 spiro atoms. The van der Waals surface area contributed by atoms with Gasteiger partial charge in [-0.15, -0.1) is 11.8 Å². The smallest absolute Gasteiger partial charge is 0.338 e. The number of aliphatic hydroxyl groups is 1. The first-order chi connectivity index (χ1) is 25.3. The fourth-order valence-electron chi connectivity index (χ4n) is 6.22. The monoisotopic (exact) mass is 717 g/mol. The van der Waals surface area contributed by atoms with Gasteiger partial charge in [0.05, 0.1) is 30.4 Å². The third-order valence-electron chi connectivity index (χ3n) is 8.85. The number of carboxylic acid groups (broad SMARTS) is 1. The number of urea groups is 1. The van der Waals surface area contributed by atoms with Crippen LogP contribution in [0.25, 0.3) is 0 Å². The Morgan fingerprint density at radius 1 is 0.808 bits per heavy atom. The predicted molar refractivity (Wildman–Crippen MR) is 198 cm³/mol. The molecular weight excluding hydrogens is 679 g/mol. The Labute approximate surface area is 306 Å². The number of Topliss-reactive ketones (excluding diaryl/α,β-unsaturated/α-hetero) is 1. The summed E-state index contributed by atoms with van der Waals surface area (Å²) >= 11 is 1.30. The number of ketones is 1. The van der Waals surface area contributed by atoms with Gasteiger partial charge >= 0.3 is 12.0 Å². The van der Waals surface area contributed by atoms with Crippen LogP contribution in [0.1, 0.15) is 63.4 Å². The maximum absolute atomic E-state index is 13.1. The lowest BCUT2D eigenvalue weighted by Gasteiger charge is -2.43. The van der Waals surface area contributed by atoms with Crippen molar-refractivity contribution >= 4 is 35.2 Å². The summed E-state index contributed by atoms with van der Waals surface area (Å²) in [5.41, 5.74) is 4.78. The third-order valence-corrected chi connectivity index (χ3v) is 9.95. The van der Waals surface area contributed by atoms with E-state index in [1.54, 1.807) is 30.5 Å². The molecule has 1 aromatic heterocycles. The molecule has 2 amide bonds. The summed E-state index contributed by atoms with van der Waals surface area (Å²) in [6.45, 7) is 1.36. The molecule has 6 rings (SSSR count). The van der Waals surface area contributed by atoms with Crippen LogP contribution >= 0.6 is 11.8 Å². The van der Waals surface area contributed by atoms with E-state index < -0.39 is 36.5 Å². The molecule has 4 N–H and O–H groups in total. The Balaban J connectivity index is 1.29. The Morgan fingerprint density at radius 2 is 1.52 bits per heavy atom. The van der Waals surface area contributed by atoms with Crippen LogP contribution in [0.4, 0.5) is 10.5 Å². The lowest BCUT2D eigenvalue weighted by Crippen LogP contribution is -2.43. The summed E-state index contributed by atoms with van der Waals surface area (Å²) in [5.74, 6) is -1.17. The number of pyridine rings is 1. The summed E-state index contributed by atoms with van der Waals surface area (Å²) in [4.78, 5) is 41.9. The van der Waals surface area contributed by atoms with Gasteiger partial charge in [-0.05, 0) is 59.9 Å². The molecule has 1 fully saturated rings. The molecule has 1 aliphatic rings. The van der Waals surface area contributed by atoms with E-state index in [-0.39, 0.29) is 23.9 Å². The molecule has 0 aliphatic carbocycles. The molecule has 0 bridgehead atoms. The number of ether oxygens (including phenoxy) is 2. The van der Waals surface area contributed by atoms with Crippen LogP contribution in [0.15, 0.2) is 133 Å². The van der Waals surface area contributed by atoms with Crippen LogP contribution in [0.3, 0.4) is 0 Å². The Kier molecular flexibility index (Phi) is 12.1. The van der Waals surface area contributed by atoms with Crippen molar-refractivity contribution in [3.63, 3.8) is 0 Å². The molecule has 52 heavy (non-hydrogen) atoms. The largest absolute Gasteiger partial charge is 0.478 e. The Bertz CT molecular complexity index is 1980. The second-order valence-corrected chi connectivity index (χ2v) is 13.5. The topological polar surface area (TPSA) is 147 Å². The SMILES string of the molecule is CC(=O)[C@@H](Cc1ccccc1)NC(=O)Nc1cccc(C2O[C@H](CSc3ncccc3C(=O)O)[C@@H](c3ccccc3)[C@H](c3ccc(CO)cc3)O2)c1. The van der Waals surface area contributed by atoms with Gasteiger partial charge in [-0.1, -0.05) is 97.1 Å². The number of carbonyl (C=O) groups excluding carboxylic acids is 2. The first-order valence-electron chi connectivity index (χ1n) is 16.9. The van der Waals surface area contributed by atoms with Gasteiger partial charge < -0.3 is 30.3 Å². The normalized spacial score (nSPS) is 19.0. The van der Waals surface area contributed by atoms with Crippen LogP contribution in [0.2, 0.25) is 0 Å². The van der Waals surface area contributed by atoms with Gasteiger partial charge in [-0.2, -0.15) is 0 Å². The average Bonchev–Trinajstić information content (AvgIpc) is 3.17. The number of rotatable bonds is 13. The summed E-state index contributed by atoms with van der Waals surface area (Å²) in [6, 6.07) is 36.0. The third kappa shape index (κ3) is 9.12. The van der Waals surface area contributed by atoms with Crippen molar-refractivity contribution in [2.24, 2.45) is 0 Å². The van der Waals surface area contributed by atoms with Crippen LogP contribution in [-0.2, 0) is 27.3 Å². The van der Waals surface area contributed by atoms with Crippen molar-refractivity contribution < 1.29 is 34.1 Å². The van der Waals surface area contributed by atoms with E-state index in [1.807, 2.05) is 91.0 Å². The predicted octanol–water partition coefficient (Wildman–Crippen LogP) is 7.33. The van der Waals surface area contributed by atoms with Crippen LogP contribution < -0.4 is 10.6 Å². The first-order valence-corrected chi connectivity index (χ1v) is 17.9. The minimum Gasteiger partial charge on any atom is -0.478 e. The number of anilines is 1. The fourth-order valence-corrected chi connectivity index (χ4v) is 7.27. The molecule has 5 atom stereocenters. The molecule has 0 saturated carbocycles. The van der Waals surface area contributed by atoms with E-state index in [0.29, 0.717) is 28.5 Å². The lowest BCUT2D eigenvalue weighted by molar-refractivity contribution is -0.255. The highest BCUT2D eigenvalue weighted by atomic mass is 32.2. The van der Waals surface area contributed by atoms with E-state index in [1.165, 1.54) is 24.8 Å². The number of aromatic nitrogens is 1. The number of benzene rings is 4. The van der Waals surface area contributed by atoms with Gasteiger partial charge in [0.15, 0.2) is 12.1 Å². The fraction of sp³-hybridized carbons (Fsp3) is 0.220. The molecule has 2 heterocycles. The average molecular weight is 718 g/mol. The molecule has 5 aromatic rings. The van der Waals surface area contributed by atoms with Crippen molar-refractivity contribution in [2.75, 3.05) is 11.1 Å². The van der Waals surface area contributed by atoms with Crippen molar-refractivity contribution in [3.05, 3.63) is 161 Å². The van der Waals surface area contributed by atoms with Gasteiger partial charge in [-0.3, -0.25) is 4.79 Å². The van der Waals surface area contributed by atoms with E-state index in [4.69, 9.17) is 9.47 Å². The van der Waals surface area contributed by atoms with Crippen LogP contribution in [-0.4, -0.2) is 50.9 Å². The number of nitrogens with zero attached hydrogens (tertiary/aromatic N) is 1. The Hall–Kier alpha value is -5.33. The summed E-state index contributed by atoms with van der Waals surface area (Å²) in [6.07, 6.45) is 0.0756. The van der Waals surface area contributed by atoms with E-state index in [2.05, 4.69) is 15.6 Å². The van der Waals surface area contributed by atoms with Gasteiger partial charge in [0, 0.05) is 29.1 Å². The standard InChI is InChI=1S/C41H39N3O7S/c1-26(46)34(22-27-10-4-2-5-11-27)44-41(49)43-32-15-8-14-31(23-32)40-50-35(25-52-38-33(39(47)48)16-9-21-42-38)36(29-12-6-3-7-13-29)37(51-40)30-19-17-28(24-45)18-20-30/h2-21,23,34-37,40,45H,22,24-25H2,1H3,(H,47,48)(H2,43,44,49)/t34-,35-,36-,37+,40?/m1/s1. The summed E-state index contributed by atoms with van der Waals surface area (Å²) in [7, 11) is 0. The second-order valence-electron chi connectivity index (χ2n) is 12.4. The highest BCUT2D eigenvalue weighted by molar-refractivity contribution is 7.99. The van der Waals surface area contributed by atoms with E-state index in [0.717, 1.165) is 22.3 Å². The highest BCUT2D eigenvalue weighted by Gasteiger charge is 2.42. The molecular formula is C41H39N3O7S.